The zero-order chi connectivity index (χ0) is 14.1. The summed E-state index contributed by atoms with van der Waals surface area (Å²) in [5.41, 5.74) is 7.71. The van der Waals surface area contributed by atoms with Gasteiger partial charge in [0.1, 0.15) is 5.82 Å². The first-order valence-electron chi connectivity index (χ1n) is 6.50. The maximum Gasteiger partial charge on any atom is 0.192 e. The van der Waals surface area contributed by atoms with Crippen molar-refractivity contribution in [2.75, 3.05) is 6.54 Å². The molecule has 2 aromatic rings. The van der Waals surface area contributed by atoms with Crippen LogP contribution in [0, 0.1) is 12.7 Å². The summed E-state index contributed by atoms with van der Waals surface area (Å²) in [6.07, 6.45) is 0. The molecule has 1 aromatic carbocycles. The Morgan fingerprint density at radius 1 is 1.45 bits per heavy atom. The molecule has 1 aliphatic rings. The van der Waals surface area contributed by atoms with Crippen LogP contribution in [0.4, 0.5) is 4.39 Å². The number of nitrogens with zero attached hydrogens (tertiary/aromatic N) is 2. The first-order valence-corrected chi connectivity index (χ1v) is 7.38. The number of thiophene rings is 1. The Kier molecular flexibility index (Phi) is 3.44. The highest BCUT2D eigenvalue weighted by Crippen LogP contribution is 2.29. The maximum absolute atomic E-state index is 13.4. The summed E-state index contributed by atoms with van der Waals surface area (Å²) >= 11 is 1.70. The molecule has 0 spiro atoms. The summed E-state index contributed by atoms with van der Waals surface area (Å²) in [5, 5.41) is 2.05. The van der Waals surface area contributed by atoms with Crippen LogP contribution in [0.3, 0.4) is 0 Å². The van der Waals surface area contributed by atoms with E-state index < -0.39 is 0 Å². The van der Waals surface area contributed by atoms with Crippen molar-refractivity contribution in [3.63, 3.8) is 0 Å². The summed E-state index contributed by atoms with van der Waals surface area (Å²) in [6.45, 7) is 3.15. The molecule has 1 aliphatic heterocycles. The van der Waals surface area contributed by atoms with Crippen LogP contribution in [0.25, 0.3) is 0 Å². The number of hydrogen-bond donors (Lipinski definition) is 1. The fraction of sp³-hybridized carbons (Fsp3) is 0.267. The SMILES string of the molecule is Cc1cc(C2CN=C(N)N2Cc2cccs2)ccc1F. The average Bonchev–Trinajstić information content (AvgIpc) is 3.05. The number of nitrogens with two attached hydrogens (primary N) is 1. The van der Waals surface area contributed by atoms with Crippen LogP contribution in [0.15, 0.2) is 40.7 Å². The number of aryl methyl sites for hydroxylation is 1. The van der Waals surface area contributed by atoms with Gasteiger partial charge in [0.15, 0.2) is 5.96 Å². The van der Waals surface area contributed by atoms with E-state index in [9.17, 15) is 4.39 Å². The van der Waals surface area contributed by atoms with Gasteiger partial charge in [0.25, 0.3) is 0 Å². The van der Waals surface area contributed by atoms with E-state index in [4.69, 9.17) is 5.73 Å². The molecule has 1 unspecified atom stereocenters. The Hall–Kier alpha value is -1.88. The molecule has 0 saturated carbocycles. The van der Waals surface area contributed by atoms with Crippen molar-refractivity contribution in [2.24, 2.45) is 10.7 Å². The smallest absolute Gasteiger partial charge is 0.192 e. The van der Waals surface area contributed by atoms with Crippen LogP contribution in [0.1, 0.15) is 22.0 Å². The second kappa shape index (κ2) is 5.25. The molecule has 0 fully saturated rings. The number of hydrogen-bond acceptors (Lipinski definition) is 4. The van der Waals surface area contributed by atoms with Crippen molar-refractivity contribution in [1.29, 1.82) is 0 Å². The van der Waals surface area contributed by atoms with Gasteiger partial charge in [-0.15, -0.1) is 11.3 Å². The lowest BCUT2D eigenvalue weighted by atomic mass is 10.0. The van der Waals surface area contributed by atoms with Crippen LogP contribution in [-0.4, -0.2) is 17.4 Å². The maximum atomic E-state index is 13.4. The molecule has 0 radical (unpaired) electrons. The molecule has 104 valence electrons. The Bertz CT molecular complexity index is 637. The molecule has 20 heavy (non-hydrogen) atoms. The Morgan fingerprint density at radius 3 is 3.00 bits per heavy atom. The van der Waals surface area contributed by atoms with Gasteiger partial charge in [0, 0.05) is 4.88 Å². The van der Waals surface area contributed by atoms with E-state index in [1.807, 2.05) is 18.2 Å². The Balaban J connectivity index is 1.86. The highest BCUT2D eigenvalue weighted by atomic mass is 32.1. The minimum Gasteiger partial charge on any atom is -0.370 e. The van der Waals surface area contributed by atoms with Crippen molar-refractivity contribution in [2.45, 2.75) is 19.5 Å². The van der Waals surface area contributed by atoms with Crippen molar-refractivity contribution >= 4 is 17.3 Å². The van der Waals surface area contributed by atoms with Gasteiger partial charge in [-0.05, 0) is 35.6 Å². The highest BCUT2D eigenvalue weighted by molar-refractivity contribution is 7.09. The quantitative estimate of drug-likeness (QED) is 0.943. The van der Waals surface area contributed by atoms with Gasteiger partial charge in [0.2, 0.25) is 0 Å². The molecule has 0 bridgehead atoms. The van der Waals surface area contributed by atoms with Gasteiger partial charge in [0.05, 0.1) is 19.1 Å². The van der Waals surface area contributed by atoms with E-state index in [1.165, 1.54) is 10.9 Å². The van der Waals surface area contributed by atoms with E-state index in [-0.39, 0.29) is 11.9 Å². The van der Waals surface area contributed by atoms with Gasteiger partial charge in [-0.3, -0.25) is 4.99 Å². The fourth-order valence-corrected chi connectivity index (χ4v) is 3.15. The summed E-state index contributed by atoms with van der Waals surface area (Å²) in [6, 6.07) is 9.43. The summed E-state index contributed by atoms with van der Waals surface area (Å²) in [7, 11) is 0. The van der Waals surface area contributed by atoms with E-state index in [0.29, 0.717) is 18.1 Å². The van der Waals surface area contributed by atoms with Gasteiger partial charge in [-0.2, -0.15) is 0 Å². The average molecular weight is 289 g/mol. The molecular formula is C15H16FN3S. The molecule has 1 atom stereocenters. The summed E-state index contributed by atoms with van der Waals surface area (Å²) in [4.78, 5) is 7.67. The van der Waals surface area contributed by atoms with Gasteiger partial charge < -0.3 is 10.6 Å². The number of rotatable bonds is 3. The third kappa shape index (κ3) is 2.41. The lowest BCUT2D eigenvalue weighted by Gasteiger charge is -2.26. The molecule has 5 heteroatoms. The third-order valence-electron chi connectivity index (χ3n) is 3.57. The predicted molar refractivity (Wildman–Crippen MR) is 80.2 cm³/mol. The van der Waals surface area contributed by atoms with E-state index >= 15 is 0 Å². The number of guanidine groups is 1. The van der Waals surface area contributed by atoms with E-state index in [1.54, 1.807) is 18.3 Å². The van der Waals surface area contributed by atoms with Crippen LogP contribution < -0.4 is 5.73 Å². The molecule has 0 amide bonds. The van der Waals surface area contributed by atoms with Crippen molar-refractivity contribution in [3.05, 3.63) is 57.5 Å². The first-order chi connectivity index (χ1) is 9.65. The molecule has 2 N–H and O–H groups in total. The van der Waals surface area contributed by atoms with Crippen LogP contribution >= 0.6 is 11.3 Å². The zero-order valence-corrected chi connectivity index (χ0v) is 12.0. The molecule has 2 heterocycles. The molecule has 0 aliphatic carbocycles. The van der Waals surface area contributed by atoms with Crippen LogP contribution in [-0.2, 0) is 6.54 Å². The van der Waals surface area contributed by atoms with Crippen LogP contribution in [0.2, 0.25) is 0 Å². The summed E-state index contributed by atoms with van der Waals surface area (Å²) in [5.74, 6) is 0.385. The first kappa shape index (κ1) is 13.1. The lowest BCUT2D eigenvalue weighted by molar-refractivity contribution is 0.342. The zero-order valence-electron chi connectivity index (χ0n) is 11.2. The molecule has 3 rings (SSSR count). The van der Waals surface area contributed by atoms with Gasteiger partial charge in [-0.1, -0.05) is 18.2 Å². The van der Waals surface area contributed by atoms with Crippen molar-refractivity contribution < 1.29 is 4.39 Å². The highest BCUT2D eigenvalue weighted by Gasteiger charge is 2.28. The molecule has 3 nitrogen and oxygen atoms in total. The number of aliphatic imine (C=N–C) groups is 1. The van der Waals surface area contributed by atoms with Crippen molar-refractivity contribution in [1.82, 2.24) is 4.90 Å². The second-order valence-electron chi connectivity index (χ2n) is 4.93. The van der Waals surface area contributed by atoms with Crippen molar-refractivity contribution in [3.8, 4) is 0 Å². The molecular weight excluding hydrogens is 273 g/mol. The predicted octanol–water partition coefficient (Wildman–Crippen LogP) is 3.07. The standard InChI is InChI=1S/C15H16FN3S/c1-10-7-11(4-5-13(10)16)14-8-18-15(17)19(14)9-12-3-2-6-20-12/h2-7,14H,8-9H2,1H3,(H2,17,18). The number of benzene rings is 1. The lowest BCUT2D eigenvalue weighted by Crippen LogP contribution is -2.35. The monoisotopic (exact) mass is 289 g/mol. The minimum absolute atomic E-state index is 0.0939. The van der Waals surface area contributed by atoms with Gasteiger partial charge in [-0.25, -0.2) is 4.39 Å². The normalized spacial score (nSPS) is 18.4. The van der Waals surface area contributed by atoms with E-state index in [0.717, 1.165) is 12.1 Å². The molecule has 0 saturated heterocycles. The topological polar surface area (TPSA) is 41.6 Å². The minimum atomic E-state index is -0.176. The molecule has 1 aromatic heterocycles. The van der Waals surface area contributed by atoms with Crippen LogP contribution in [0.5, 0.6) is 0 Å². The fourth-order valence-electron chi connectivity index (χ4n) is 2.45. The van der Waals surface area contributed by atoms with Gasteiger partial charge >= 0.3 is 0 Å². The Labute approximate surface area is 121 Å². The largest absolute Gasteiger partial charge is 0.370 e. The Morgan fingerprint density at radius 2 is 2.30 bits per heavy atom. The van der Waals surface area contributed by atoms with E-state index in [2.05, 4.69) is 21.3 Å². The third-order valence-corrected chi connectivity index (χ3v) is 4.43. The summed E-state index contributed by atoms with van der Waals surface area (Å²) < 4.78 is 13.4. The second-order valence-corrected chi connectivity index (χ2v) is 5.96. The number of halogens is 1.